The molecule has 4 unspecified atom stereocenters. The Morgan fingerprint density at radius 3 is 2.89 bits per heavy atom. The van der Waals surface area contributed by atoms with Crippen molar-refractivity contribution in [2.45, 2.75) is 69.2 Å². The van der Waals surface area contributed by atoms with E-state index in [2.05, 4.69) is 31.9 Å². The number of fused-ring (bicyclic) bond motifs is 5. The van der Waals surface area contributed by atoms with Crippen molar-refractivity contribution >= 4 is 39.2 Å². The van der Waals surface area contributed by atoms with Gasteiger partial charge in [-0.05, 0) is 69.3 Å². The zero-order valence-corrected chi connectivity index (χ0v) is 25.8. The summed E-state index contributed by atoms with van der Waals surface area (Å²) in [6.45, 7) is 10.9. The smallest absolute Gasteiger partial charge is 0.319 e. The van der Waals surface area contributed by atoms with E-state index in [1.807, 2.05) is 26.0 Å². The van der Waals surface area contributed by atoms with Crippen LogP contribution in [-0.2, 0) is 0 Å². The number of piperazine rings is 1. The van der Waals surface area contributed by atoms with Crippen molar-refractivity contribution in [3.8, 4) is 17.1 Å². The fourth-order valence-electron chi connectivity index (χ4n) is 8.30. The van der Waals surface area contributed by atoms with E-state index >= 15 is 4.39 Å². The van der Waals surface area contributed by atoms with E-state index in [9.17, 15) is 4.39 Å². The number of hydrogen-bond donors (Lipinski definition) is 2. The molecule has 0 radical (unpaired) electrons. The monoisotopic (exact) mass is 619 g/mol. The van der Waals surface area contributed by atoms with Crippen LogP contribution in [0.5, 0.6) is 6.01 Å². The number of alkyl halides is 1. The molecule has 0 amide bonds. The molecule has 230 valence electrons. The highest BCUT2D eigenvalue weighted by molar-refractivity contribution is 6.35. The van der Waals surface area contributed by atoms with Crippen molar-refractivity contribution < 1.29 is 13.5 Å². The highest BCUT2D eigenvalue weighted by atomic mass is 35.5. The normalized spacial score (nSPS) is 28.3. The molecule has 4 aliphatic heterocycles. The van der Waals surface area contributed by atoms with Gasteiger partial charge in [0.25, 0.3) is 0 Å². The number of halogens is 3. The Balaban J connectivity index is 1.29. The Hall–Kier alpha value is -3.34. The average molecular weight is 620 g/mol. The first-order chi connectivity index (χ1) is 21.2. The molecule has 4 saturated heterocycles. The third-order valence-electron chi connectivity index (χ3n) is 10.6. The summed E-state index contributed by atoms with van der Waals surface area (Å²) in [6.07, 6.45) is 7.08. The second-order valence-electron chi connectivity index (χ2n) is 13.3. The van der Waals surface area contributed by atoms with Gasteiger partial charge in [0.15, 0.2) is 5.82 Å². The molecule has 2 aromatic carbocycles. The van der Waals surface area contributed by atoms with Crippen LogP contribution in [-0.4, -0.2) is 81.1 Å². The third-order valence-corrected chi connectivity index (χ3v) is 10.9. The van der Waals surface area contributed by atoms with Crippen LogP contribution in [0.1, 0.15) is 43.2 Å². The van der Waals surface area contributed by atoms with Crippen LogP contribution < -0.4 is 15.0 Å². The number of nitrogens with zero attached hydrogens (tertiary/aromatic N) is 5. The first kappa shape index (κ1) is 28.2. The number of ether oxygens (including phenoxy) is 1. The van der Waals surface area contributed by atoms with E-state index in [1.165, 1.54) is 0 Å². The van der Waals surface area contributed by atoms with Crippen molar-refractivity contribution in [3.63, 3.8) is 0 Å². The largest absolute Gasteiger partial charge is 0.461 e. The number of aromatic amines is 1. The fourth-order valence-corrected chi connectivity index (χ4v) is 8.58. The summed E-state index contributed by atoms with van der Waals surface area (Å²) in [7, 11) is 0. The van der Waals surface area contributed by atoms with Crippen LogP contribution >= 0.6 is 11.6 Å². The molecule has 0 aliphatic carbocycles. The molecule has 8 nitrogen and oxygen atoms in total. The molecule has 2 bridgehead atoms. The summed E-state index contributed by atoms with van der Waals surface area (Å²) in [5.41, 5.74) is 3.20. The van der Waals surface area contributed by atoms with Crippen LogP contribution in [0, 0.1) is 19.7 Å². The van der Waals surface area contributed by atoms with Crippen molar-refractivity contribution in [2.75, 3.05) is 37.7 Å². The molecule has 4 aliphatic rings. The second kappa shape index (κ2) is 10.1. The van der Waals surface area contributed by atoms with Gasteiger partial charge in [0.05, 0.1) is 27.8 Å². The minimum absolute atomic E-state index is 0.0937. The number of aryl methyl sites for hydroxylation is 1. The Labute approximate surface area is 259 Å². The topological polar surface area (TPSA) is 82.2 Å². The number of hydrogen-bond acceptors (Lipinski definition) is 7. The molecule has 2 N–H and O–H groups in total. The maximum atomic E-state index is 17.0. The predicted octanol–water partition coefficient (Wildman–Crippen LogP) is 6.03. The zero-order valence-electron chi connectivity index (χ0n) is 25.0. The fraction of sp³-hybridized carbons (Fsp3) is 0.485. The molecule has 44 heavy (non-hydrogen) atoms. The summed E-state index contributed by atoms with van der Waals surface area (Å²) in [5, 5.41) is 12.5. The Morgan fingerprint density at radius 2 is 2.05 bits per heavy atom. The van der Waals surface area contributed by atoms with E-state index < -0.39 is 12.0 Å². The van der Waals surface area contributed by atoms with E-state index in [4.69, 9.17) is 26.3 Å². The van der Waals surface area contributed by atoms with Crippen molar-refractivity contribution in [1.29, 1.82) is 0 Å². The number of aromatic nitrogens is 4. The highest BCUT2D eigenvalue weighted by Crippen LogP contribution is 2.45. The van der Waals surface area contributed by atoms with Crippen molar-refractivity contribution in [2.24, 2.45) is 0 Å². The molecule has 11 heteroatoms. The summed E-state index contributed by atoms with van der Waals surface area (Å²) >= 11 is 6.99. The molecular formula is C33H36ClF2N7O. The summed E-state index contributed by atoms with van der Waals surface area (Å²) < 4.78 is 37.9. The Kier molecular flexibility index (Phi) is 6.45. The van der Waals surface area contributed by atoms with Gasteiger partial charge < -0.3 is 15.0 Å². The predicted molar refractivity (Wildman–Crippen MR) is 169 cm³/mol. The molecule has 2 aromatic heterocycles. The van der Waals surface area contributed by atoms with Crippen LogP contribution in [0.3, 0.4) is 0 Å². The van der Waals surface area contributed by atoms with Crippen LogP contribution in [0.2, 0.25) is 5.02 Å². The third kappa shape index (κ3) is 4.24. The second-order valence-corrected chi connectivity index (χ2v) is 13.7. The quantitative estimate of drug-likeness (QED) is 0.255. The Bertz CT molecular complexity index is 1830. The van der Waals surface area contributed by atoms with Gasteiger partial charge in [0, 0.05) is 54.0 Å². The molecule has 6 heterocycles. The van der Waals surface area contributed by atoms with Gasteiger partial charge in [0.1, 0.15) is 24.1 Å². The molecule has 4 atom stereocenters. The van der Waals surface area contributed by atoms with E-state index in [-0.39, 0.29) is 45.8 Å². The summed E-state index contributed by atoms with van der Waals surface area (Å²) in [6, 6.07) is 4.14. The minimum Gasteiger partial charge on any atom is -0.461 e. The van der Waals surface area contributed by atoms with Crippen LogP contribution in [0.15, 0.2) is 31.0 Å². The van der Waals surface area contributed by atoms with Gasteiger partial charge in [-0.15, -0.1) is 6.58 Å². The zero-order chi connectivity index (χ0) is 30.4. The maximum absolute atomic E-state index is 17.0. The van der Waals surface area contributed by atoms with E-state index in [0.717, 1.165) is 54.3 Å². The lowest BCUT2D eigenvalue weighted by Gasteiger charge is -2.40. The average Bonchev–Trinajstić information content (AvgIpc) is 3.76. The lowest BCUT2D eigenvalue weighted by molar-refractivity contribution is 0.107. The van der Waals surface area contributed by atoms with E-state index in [0.29, 0.717) is 42.8 Å². The van der Waals surface area contributed by atoms with Crippen LogP contribution in [0.25, 0.3) is 32.9 Å². The highest BCUT2D eigenvalue weighted by Gasteiger charge is 2.49. The van der Waals surface area contributed by atoms with Gasteiger partial charge in [-0.3, -0.25) is 10.00 Å². The van der Waals surface area contributed by atoms with Gasteiger partial charge in [-0.25, -0.2) is 8.78 Å². The van der Waals surface area contributed by atoms with Gasteiger partial charge in [0.2, 0.25) is 0 Å². The summed E-state index contributed by atoms with van der Waals surface area (Å²) in [4.78, 5) is 14.0. The lowest BCUT2D eigenvalue weighted by atomic mass is 9.92. The Morgan fingerprint density at radius 1 is 1.18 bits per heavy atom. The van der Waals surface area contributed by atoms with Crippen molar-refractivity contribution in [1.82, 2.24) is 30.4 Å². The maximum Gasteiger partial charge on any atom is 0.319 e. The van der Waals surface area contributed by atoms with Gasteiger partial charge in [-0.2, -0.15) is 15.1 Å². The number of H-pyrrole nitrogens is 1. The summed E-state index contributed by atoms with van der Waals surface area (Å²) in [5.74, 6) is 0.0565. The number of rotatable bonds is 6. The number of benzene rings is 2. The minimum atomic E-state index is -0.877. The standard InChI is InChI=1S/C33H36ClF2N7O/c1-4-32-8-6-21(40-32)15-42(16-32)30-22-11-24(34)27(26-19(3)18(2)10-25-23(26)13-37-41-25)28(36)29(22)38-31(39-30)44-17-33-7-5-9-43(33)14-20(35)12-33/h4,10-11,13,20-21,40H,1,5-9,12,14-17H2,2-3H3,(H,37,41). The molecule has 8 rings (SSSR count). The van der Waals surface area contributed by atoms with E-state index in [1.54, 1.807) is 12.3 Å². The number of nitrogens with one attached hydrogen (secondary N) is 2. The number of anilines is 1. The lowest BCUT2D eigenvalue weighted by Crippen LogP contribution is -2.58. The SMILES string of the molecule is C=CC12CCC(CN(c3nc(OCC45CCCN4CC(F)C5)nc4c(F)c(-c5c(C)c(C)cc6[nH]ncc56)c(Cl)cc34)C1)N2. The first-order valence-electron chi connectivity index (χ1n) is 15.5. The molecule has 4 aromatic rings. The first-order valence-corrected chi connectivity index (χ1v) is 15.9. The molecule has 0 spiro atoms. The van der Waals surface area contributed by atoms with Gasteiger partial charge in [-0.1, -0.05) is 17.7 Å². The molecular weight excluding hydrogens is 584 g/mol. The van der Waals surface area contributed by atoms with Crippen molar-refractivity contribution in [3.05, 3.63) is 53.0 Å². The van der Waals surface area contributed by atoms with Crippen LogP contribution in [0.4, 0.5) is 14.6 Å². The molecule has 0 saturated carbocycles. The van der Waals surface area contributed by atoms with Gasteiger partial charge >= 0.3 is 6.01 Å². The molecule has 4 fully saturated rings.